The van der Waals surface area contributed by atoms with E-state index in [1.165, 1.54) is 12.8 Å². The molecule has 110 valence electrons. The van der Waals surface area contributed by atoms with Gasteiger partial charge in [0.15, 0.2) is 0 Å². The maximum Gasteiger partial charge on any atom is 0.111 e. The van der Waals surface area contributed by atoms with Crippen molar-refractivity contribution in [1.82, 2.24) is 14.9 Å². The highest BCUT2D eigenvalue weighted by molar-refractivity contribution is 5.09. The standard InChI is InChI=1S/C16H26N4/c1-4-16(12-17,19-14-6-7-14)8-5-10-20-11-9-18-15(20)13(2)3/h9,11,13-14,19H,4-8,10H2,1-3H3. The Hall–Kier alpha value is -1.34. The van der Waals surface area contributed by atoms with Crippen LogP contribution in [0.5, 0.6) is 0 Å². The van der Waals surface area contributed by atoms with Crippen LogP contribution in [0.1, 0.15) is 64.6 Å². The first-order valence-electron chi connectivity index (χ1n) is 7.80. The van der Waals surface area contributed by atoms with Crippen LogP contribution in [0, 0.1) is 11.3 Å². The number of hydrogen-bond acceptors (Lipinski definition) is 3. The van der Waals surface area contributed by atoms with Crippen LogP contribution in [-0.4, -0.2) is 21.1 Å². The zero-order chi connectivity index (χ0) is 14.6. The number of rotatable bonds is 8. The van der Waals surface area contributed by atoms with Gasteiger partial charge in [-0.25, -0.2) is 4.98 Å². The number of imidazole rings is 1. The SMILES string of the molecule is CCC(C#N)(CCCn1ccnc1C(C)C)NC1CC1. The summed E-state index contributed by atoms with van der Waals surface area (Å²) in [6.07, 6.45) is 9.16. The first-order chi connectivity index (χ1) is 9.60. The van der Waals surface area contributed by atoms with Crippen molar-refractivity contribution >= 4 is 0 Å². The fourth-order valence-corrected chi connectivity index (χ4v) is 2.70. The summed E-state index contributed by atoms with van der Waals surface area (Å²) < 4.78 is 2.22. The first kappa shape index (κ1) is 15.1. The Kier molecular flexibility index (Phi) is 4.82. The number of nitriles is 1. The van der Waals surface area contributed by atoms with Gasteiger partial charge in [-0.15, -0.1) is 0 Å². The Morgan fingerprint density at radius 3 is 2.85 bits per heavy atom. The molecular formula is C16H26N4. The van der Waals surface area contributed by atoms with Crippen LogP contribution in [0.15, 0.2) is 12.4 Å². The van der Waals surface area contributed by atoms with Gasteiger partial charge in [-0.3, -0.25) is 5.32 Å². The second kappa shape index (κ2) is 6.41. The maximum atomic E-state index is 9.52. The smallest absolute Gasteiger partial charge is 0.111 e. The van der Waals surface area contributed by atoms with Crippen LogP contribution in [-0.2, 0) is 6.54 Å². The molecule has 1 aliphatic rings. The molecule has 1 atom stereocenters. The second-order valence-electron chi connectivity index (χ2n) is 6.20. The number of hydrogen-bond donors (Lipinski definition) is 1. The summed E-state index contributed by atoms with van der Waals surface area (Å²) in [6, 6.07) is 3.10. The van der Waals surface area contributed by atoms with Gasteiger partial charge in [0, 0.05) is 30.9 Å². The lowest BCUT2D eigenvalue weighted by Crippen LogP contribution is -2.44. The largest absolute Gasteiger partial charge is 0.335 e. The highest BCUT2D eigenvalue weighted by Gasteiger charge is 2.34. The van der Waals surface area contributed by atoms with E-state index in [9.17, 15) is 5.26 Å². The van der Waals surface area contributed by atoms with Gasteiger partial charge < -0.3 is 4.57 Å². The van der Waals surface area contributed by atoms with E-state index in [1.54, 1.807) is 0 Å². The minimum Gasteiger partial charge on any atom is -0.335 e. The molecule has 1 aromatic heterocycles. The van der Waals surface area contributed by atoms with Crippen molar-refractivity contribution in [3.8, 4) is 6.07 Å². The van der Waals surface area contributed by atoms with Crippen molar-refractivity contribution in [3.63, 3.8) is 0 Å². The summed E-state index contributed by atoms with van der Waals surface area (Å²) in [4.78, 5) is 4.41. The molecule has 1 saturated carbocycles. The molecule has 2 rings (SSSR count). The average molecular weight is 274 g/mol. The maximum absolute atomic E-state index is 9.52. The summed E-state index contributed by atoms with van der Waals surface area (Å²) >= 11 is 0. The molecule has 1 aliphatic carbocycles. The quantitative estimate of drug-likeness (QED) is 0.792. The van der Waals surface area contributed by atoms with Gasteiger partial charge >= 0.3 is 0 Å². The van der Waals surface area contributed by atoms with Gasteiger partial charge in [0.1, 0.15) is 11.4 Å². The lowest BCUT2D eigenvalue weighted by atomic mass is 9.91. The zero-order valence-corrected chi connectivity index (χ0v) is 12.9. The third-order valence-corrected chi connectivity index (χ3v) is 4.14. The number of aromatic nitrogens is 2. The molecule has 1 aromatic rings. The molecular weight excluding hydrogens is 248 g/mol. The third kappa shape index (κ3) is 3.61. The summed E-state index contributed by atoms with van der Waals surface area (Å²) in [5.74, 6) is 1.58. The van der Waals surface area contributed by atoms with E-state index in [0.29, 0.717) is 12.0 Å². The van der Waals surface area contributed by atoms with Crippen LogP contribution in [0.4, 0.5) is 0 Å². The summed E-state index contributed by atoms with van der Waals surface area (Å²) in [7, 11) is 0. The predicted molar refractivity (Wildman–Crippen MR) is 80.3 cm³/mol. The van der Waals surface area contributed by atoms with Crippen molar-refractivity contribution in [2.24, 2.45) is 0 Å². The Morgan fingerprint density at radius 1 is 1.55 bits per heavy atom. The van der Waals surface area contributed by atoms with E-state index >= 15 is 0 Å². The number of aryl methyl sites for hydroxylation is 1. The third-order valence-electron chi connectivity index (χ3n) is 4.14. The van der Waals surface area contributed by atoms with E-state index in [0.717, 1.165) is 31.6 Å². The summed E-state index contributed by atoms with van der Waals surface area (Å²) in [5.41, 5.74) is -0.334. The van der Waals surface area contributed by atoms with Crippen molar-refractivity contribution < 1.29 is 0 Å². The molecule has 0 saturated heterocycles. The lowest BCUT2D eigenvalue weighted by Gasteiger charge is -2.27. The molecule has 0 aromatic carbocycles. The molecule has 0 radical (unpaired) electrons. The Morgan fingerprint density at radius 2 is 2.30 bits per heavy atom. The van der Waals surface area contributed by atoms with E-state index in [-0.39, 0.29) is 5.54 Å². The molecule has 1 unspecified atom stereocenters. The van der Waals surface area contributed by atoms with E-state index in [1.807, 2.05) is 12.4 Å². The highest BCUT2D eigenvalue weighted by Crippen LogP contribution is 2.27. The van der Waals surface area contributed by atoms with E-state index in [2.05, 4.69) is 41.7 Å². The molecule has 0 bridgehead atoms. The summed E-state index contributed by atoms with van der Waals surface area (Å²) in [6.45, 7) is 7.39. The van der Waals surface area contributed by atoms with Crippen LogP contribution >= 0.6 is 0 Å². The molecule has 0 aliphatic heterocycles. The highest BCUT2D eigenvalue weighted by atomic mass is 15.1. The second-order valence-corrected chi connectivity index (χ2v) is 6.20. The first-order valence-corrected chi connectivity index (χ1v) is 7.80. The lowest BCUT2D eigenvalue weighted by molar-refractivity contribution is 0.350. The molecule has 4 nitrogen and oxygen atoms in total. The topological polar surface area (TPSA) is 53.6 Å². The monoisotopic (exact) mass is 274 g/mol. The molecule has 0 amide bonds. The molecule has 4 heteroatoms. The molecule has 1 heterocycles. The predicted octanol–water partition coefficient (Wildman–Crippen LogP) is 3.21. The fraction of sp³-hybridized carbons (Fsp3) is 0.750. The van der Waals surface area contributed by atoms with Crippen molar-refractivity contribution in [1.29, 1.82) is 5.26 Å². The molecule has 0 spiro atoms. The average Bonchev–Trinajstić information content (AvgIpc) is 3.12. The minimum absolute atomic E-state index is 0.334. The van der Waals surface area contributed by atoms with E-state index < -0.39 is 0 Å². The van der Waals surface area contributed by atoms with Gasteiger partial charge in [0.2, 0.25) is 0 Å². The van der Waals surface area contributed by atoms with Gasteiger partial charge in [0.25, 0.3) is 0 Å². The van der Waals surface area contributed by atoms with Crippen LogP contribution in [0.2, 0.25) is 0 Å². The molecule has 1 fully saturated rings. The van der Waals surface area contributed by atoms with Gasteiger partial charge in [-0.2, -0.15) is 5.26 Å². The van der Waals surface area contributed by atoms with Gasteiger partial charge in [0.05, 0.1) is 6.07 Å². The Bertz CT molecular complexity index is 467. The van der Waals surface area contributed by atoms with Crippen LogP contribution in [0.25, 0.3) is 0 Å². The van der Waals surface area contributed by atoms with Crippen molar-refractivity contribution in [2.45, 2.75) is 76.9 Å². The van der Waals surface area contributed by atoms with Crippen molar-refractivity contribution in [2.75, 3.05) is 0 Å². The Labute approximate surface area is 122 Å². The minimum atomic E-state index is -0.334. The van der Waals surface area contributed by atoms with Crippen LogP contribution in [0.3, 0.4) is 0 Å². The normalized spacial score (nSPS) is 17.9. The van der Waals surface area contributed by atoms with Gasteiger partial charge in [-0.05, 0) is 32.1 Å². The van der Waals surface area contributed by atoms with Gasteiger partial charge in [-0.1, -0.05) is 20.8 Å². The molecule has 1 N–H and O–H groups in total. The van der Waals surface area contributed by atoms with Crippen LogP contribution < -0.4 is 5.32 Å². The number of nitrogens with zero attached hydrogens (tertiary/aromatic N) is 3. The fourth-order valence-electron chi connectivity index (χ4n) is 2.70. The molecule has 20 heavy (non-hydrogen) atoms. The summed E-state index contributed by atoms with van der Waals surface area (Å²) in [5, 5.41) is 13.1. The van der Waals surface area contributed by atoms with E-state index in [4.69, 9.17) is 0 Å². The zero-order valence-electron chi connectivity index (χ0n) is 12.9. The van der Waals surface area contributed by atoms with Crippen molar-refractivity contribution in [3.05, 3.63) is 18.2 Å². The Balaban J connectivity index is 1.89. The number of nitrogens with one attached hydrogen (secondary N) is 1.